The fourth-order valence-corrected chi connectivity index (χ4v) is 2.00. The second kappa shape index (κ2) is 4.43. The highest BCUT2D eigenvalue weighted by Crippen LogP contribution is 2.34. The van der Waals surface area contributed by atoms with E-state index in [0.29, 0.717) is 11.4 Å². The average molecular weight is 207 g/mol. The Labute approximate surface area is 89.9 Å². The van der Waals surface area contributed by atoms with Gasteiger partial charge in [-0.25, -0.2) is 0 Å². The Bertz CT molecular complexity index is 332. The molecule has 0 atom stereocenters. The van der Waals surface area contributed by atoms with E-state index in [1.807, 2.05) is 0 Å². The van der Waals surface area contributed by atoms with E-state index in [2.05, 4.69) is 0 Å². The number of rotatable bonds is 2. The second-order valence-corrected chi connectivity index (χ2v) is 4.07. The number of nitrogen functional groups attached to an aromatic ring is 1. The molecule has 0 unspecified atom stereocenters. The zero-order valence-corrected chi connectivity index (χ0v) is 8.78. The highest BCUT2D eigenvalue weighted by Gasteiger charge is 2.16. The first-order valence-electron chi connectivity index (χ1n) is 5.51. The Kier molecular flexibility index (Phi) is 2.99. The zero-order chi connectivity index (χ0) is 10.7. The minimum Gasteiger partial charge on any atom is -0.503 e. The lowest BCUT2D eigenvalue weighted by molar-refractivity contribution is 0.150. The third kappa shape index (κ3) is 2.35. The van der Waals surface area contributed by atoms with Crippen LogP contribution in [0.3, 0.4) is 0 Å². The lowest BCUT2D eigenvalue weighted by atomic mass is 9.98. The van der Waals surface area contributed by atoms with Gasteiger partial charge in [0.25, 0.3) is 0 Å². The van der Waals surface area contributed by atoms with E-state index in [9.17, 15) is 5.11 Å². The van der Waals surface area contributed by atoms with Crippen molar-refractivity contribution >= 4 is 5.69 Å². The molecule has 1 aromatic carbocycles. The number of hydrogen-bond acceptors (Lipinski definition) is 3. The molecule has 1 saturated carbocycles. The molecule has 1 aliphatic rings. The number of para-hydroxylation sites is 1. The molecule has 0 amide bonds. The summed E-state index contributed by atoms with van der Waals surface area (Å²) < 4.78 is 5.74. The number of hydrogen-bond donors (Lipinski definition) is 2. The van der Waals surface area contributed by atoms with Gasteiger partial charge in [-0.3, -0.25) is 0 Å². The summed E-state index contributed by atoms with van der Waals surface area (Å²) in [5.41, 5.74) is 5.97. The molecule has 0 heterocycles. The maximum Gasteiger partial charge on any atom is 0.181 e. The number of anilines is 1. The molecule has 15 heavy (non-hydrogen) atoms. The Morgan fingerprint density at radius 1 is 1.20 bits per heavy atom. The standard InChI is InChI=1S/C12H17NO2/c13-10-7-4-8-11(12(10)14)15-9-5-2-1-3-6-9/h4,7-9,14H,1-3,5-6,13H2. The molecule has 2 rings (SSSR count). The predicted molar refractivity (Wildman–Crippen MR) is 60.0 cm³/mol. The zero-order valence-electron chi connectivity index (χ0n) is 8.78. The van der Waals surface area contributed by atoms with Crippen LogP contribution >= 0.6 is 0 Å². The maximum absolute atomic E-state index is 9.68. The monoisotopic (exact) mass is 207 g/mol. The van der Waals surface area contributed by atoms with Gasteiger partial charge in [-0.2, -0.15) is 0 Å². The van der Waals surface area contributed by atoms with Gasteiger partial charge in [0.1, 0.15) is 0 Å². The summed E-state index contributed by atoms with van der Waals surface area (Å²) in [6.07, 6.45) is 6.12. The van der Waals surface area contributed by atoms with E-state index in [0.717, 1.165) is 12.8 Å². The molecule has 0 bridgehead atoms. The number of phenols is 1. The van der Waals surface area contributed by atoms with Gasteiger partial charge in [-0.1, -0.05) is 12.5 Å². The SMILES string of the molecule is Nc1cccc(OC2CCCCC2)c1O. The Morgan fingerprint density at radius 3 is 2.67 bits per heavy atom. The fourth-order valence-electron chi connectivity index (χ4n) is 2.00. The van der Waals surface area contributed by atoms with Crippen LogP contribution in [0.15, 0.2) is 18.2 Å². The molecule has 82 valence electrons. The van der Waals surface area contributed by atoms with Gasteiger partial charge >= 0.3 is 0 Å². The molecule has 0 aliphatic heterocycles. The molecule has 3 N–H and O–H groups in total. The third-order valence-corrected chi connectivity index (χ3v) is 2.88. The van der Waals surface area contributed by atoms with E-state index < -0.39 is 0 Å². The van der Waals surface area contributed by atoms with Crippen molar-refractivity contribution in [3.63, 3.8) is 0 Å². The van der Waals surface area contributed by atoms with E-state index in [1.165, 1.54) is 19.3 Å². The number of nitrogens with two attached hydrogens (primary N) is 1. The Morgan fingerprint density at radius 2 is 1.93 bits per heavy atom. The summed E-state index contributed by atoms with van der Waals surface area (Å²) in [5, 5.41) is 9.68. The number of ether oxygens (including phenoxy) is 1. The van der Waals surface area contributed by atoms with E-state index >= 15 is 0 Å². The smallest absolute Gasteiger partial charge is 0.181 e. The van der Waals surface area contributed by atoms with E-state index in [4.69, 9.17) is 10.5 Å². The molecule has 0 radical (unpaired) electrons. The summed E-state index contributed by atoms with van der Waals surface area (Å²) >= 11 is 0. The number of aromatic hydroxyl groups is 1. The van der Waals surface area contributed by atoms with Crippen molar-refractivity contribution in [3.8, 4) is 11.5 Å². The largest absolute Gasteiger partial charge is 0.503 e. The normalized spacial score (nSPS) is 17.6. The molecular weight excluding hydrogens is 190 g/mol. The second-order valence-electron chi connectivity index (χ2n) is 4.07. The predicted octanol–water partition coefficient (Wildman–Crippen LogP) is 2.69. The van der Waals surface area contributed by atoms with Crippen LogP contribution in [0.5, 0.6) is 11.5 Å². The first kappa shape index (κ1) is 10.1. The van der Waals surface area contributed by atoms with Gasteiger partial charge < -0.3 is 15.6 Å². The van der Waals surface area contributed by atoms with Crippen LogP contribution in [0.25, 0.3) is 0 Å². The molecule has 0 spiro atoms. The van der Waals surface area contributed by atoms with E-state index in [-0.39, 0.29) is 11.9 Å². The highest BCUT2D eigenvalue weighted by atomic mass is 16.5. The summed E-state index contributed by atoms with van der Waals surface area (Å²) in [4.78, 5) is 0. The third-order valence-electron chi connectivity index (χ3n) is 2.88. The molecule has 1 aliphatic carbocycles. The van der Waals surface area contributed by atoms with Crippen molar-refractivity contribution in [1.29, 1.82) is 0 Å². The van der Waals surface area contributed by atoms with Gasteiger partial charge in [0, 0.05) is 0 Å². The Balaban J connectivity index is 2.06. The molecule has 1 fully saturated rings. The van der Waals surface area contributed by atoms with Crippen LogP contribution < -0.4 is 10.5 Å². The lowest BCUT2D eigenvalue weighted by Gasteiger charge is -2.23. The van der Waals surface area contributed by atoms with Gasteiger partial charge in [-0.15, -0.1) is 0 Å². The minimum atomic E-state index is 0.0723. The first-order valence-corrected chi connectivity index (χ1v) is 5.51. The van der Waals surface area contributed by atoms with Crippen LogP contribution in [0.4, 0.5) is 5.69 Å². The summed E-state index contributed by atoms with van der Waals surface area (Å²) in [6, 6.07) is 5.23. The van der Waals surface area contributed by atoms with E-state index in [1.54, 1.807) is 18.2 Å². The topological polar surface area (TPSA) is 55.5 Å². The van der Waals surface area contributed by atoms with Crippen molar-refractivity contribution < 1.29 is 9.84 Å². The minimum absolute atomic E-state index is 0.0723. The van der Waals surface area contributed by atoms with Crippen molar-refractivity contribution in [2.45, 2.75) is 38.2 Å². The Hall–Kier alpha value is -1.38. The van der Waals surface area contributed by atoms with Gasteiger partial charge in [0.15, 0.2) is 11.5 Å². The van der Waals surface area contributed by atoms with Crippen LogP contribution in [0.1, 0.15) is 32.1 Å². The quantitative estimate of drug-likeness (QED) is 0.579. The van der Waals surface area contributed by atoms with Gasteiger partial charge in [0.05, 0.1) is 11.8 Å². The van der Waals surface area contributed by atoms with Gasteiger partial charge in [0.2, 0.25) is 0 Å². The first-order chi connectivity index (χ1) is 7.27. The van der Waals surface area contributed by atoms with Crippen molar-refractivity contribution in [1.82, 2.24) is 0 Å². The van der Waals surface area contributed by atoms with Crippen LogP contribution in [0.2, 0.25) is 0 Å². The van der Waals surface area contributed by atoms with Crippen LogP contribution in [0, 0.1) is 0 Å². The van der Waals surface area contributed by atoms with Crippen LogP contribution in [-0.2, 0) is 0 Å². The number of phenolic OH excluding ortho intramolecular Hbond substituents is 1. The lowest BCUT2D eigenvalue weighted by Crippen LogP contribution is -2.19. The maximum atomic E-state index is 9.68. The summed E-state index contributed by atoms with van der Waals surface area (Å²) in [5.74, 6) is 0.588. The van der Waals surface area contributed by atoms with Crippen molar-refractivity contribution in [2.24, 2.45) is 0 Å². The molecule has 3 nitrogen and oxygen atoms in total. The molecular formula is C12H17NO2. The average Bonchev–Trinajstić information content (AvgIpc) is 2.26. The van der Waals surface area contributed by atoms with Crippen molar-refractivity contribution in [3.05, 3.63) is 18.2 Å². The summed E-state index contributed by atoms with van der Waals surface area (Å²) in [7, 11) is 0. The molecule has 0 saturated heterocycles. The highest BCUT2D eigenvalue weighted by molar-refractivity contribution is 5.59. The number of benzene rings is 1. The fraction of sp³-hybridized carbons (Fsp3) is 0.500. The van der Waals surface area contributed by atoms with Crippen LogP contribution in [-0.4, -0.2) is 11.2 Å². The molecule has 3 heteroatoms. The molecule has 1 aromatic rings. The van der Waals surface area contributed by atoms with Gasteiger partial charge in [-0.05, 0) is 37.8 Å². The van der Waals surface area contributed by atoms with Crippen molar-refractivity contribution in [2.75, 3.05) is 5.73 Å². The molecule has 0 aromatic heterocycles. The summed E-state index contributed by atoms with van der Waals surface area (Å²) in [6.45, 7) is 0.